The lowest BCUT2D eigenvalue weighted by molar-refractivity contribution is 0.625. The summed E-state index contributed by atoms with van der Waals surface area (Å²) in [6, 6.07) is 0.622. The zero-order chi connectivity index (χ0) is 12.4. The predicted octanol–water partition coefficient (Wildman–Crippen LogP) is 2.79. The van der Waals surface area contributed by atoms with Gasteiger partial charge in [-0.15, -0.1) is 11.3 Å². The molecule has 0 spiro atoms. The van der Waals surface area contributed by atoms with Crippen LogP contribution in [0.5, 0.6) is 0 Å². The molecule has 0 amide bonds. The SMILES string of the molecule is CCCc1nc(N2CC(C)CC2C)sc1CN. The molecule has 1 saturated heterocycles. The molecule has 17 heavy (non-hydrogen) atoms. The van der Waals surface area contributed by atoms with Crippen LogP contribution in [0.4, 0.5) is 5.13 Å². The highest BCUT2D eigenvalue weighted by molar-refractivity contribution is 7.15. The van der Waals surface area contributed by atoms with Crippen molar-refractivity contribution in [3.05, 3.63) is 10.6 Å². The van der Waals surface area contributed by atoms with Gasteiger partial charge in [0.15, 0.2) is 5.13 Å². The topological polar surface area (TPSA) is 42.2 Å². The quantitative estimate of drug-likeness (QED) is 0.897. The van der Waals surface area contributed by atoms with E-state index in [0.29, 0.717) is 12.6 Å². The maximum atomic E-state index is 5.81. The van der Waals surface area contributed by atoms with Crippen molar-refractivity contribution < 1.29 is 0 Å². The second kappa shape index (κ2) is 5.36. The van der Waals surface area contributed by atoms with E-state index < -0.39 is 0 Å². The first-order valence-corrected chi connectivity index (χ1v) is 7.42. The molecular formula is C13H23N3S. The normalized spacial score (nSPS) is 24.6. The van der Waals surface area contributed by atoms with Gasteiger partial charge >= 0.3 is 0 Å². The van der Waals surface area contributed by atoms with E-state index in [1.165, 1.54) is 22.1 Å². The molecule has 0 saturated carbocycles. The van der Waals surface area contributed by atoms with E-state index in [9.17, 15) is 0 Å². The number of nitrogens with zero attached hydrogens (tertiary/aromatic N) is 2. The summed E-state index contributed by atoms with van der Waals surface area (Å²) in [6.07, 6.45) is 3.48. The van der Waals surface area contributed by atoms with Crippen LogP contribution in [0.15, 0.2) is 0 Å². The van der Waals surface area contributed by atoms with Gasteiger partial charge in [0.1, 0.15) is 0 Å². The Labute approximate surface area is 108 Å². The number of anilines is 1. The molecular weight excluding hydrogens is 230 g/mol. The molecule has 0 aliphatic carbocycles. The third kappa shape index (κ3) is 2.63. The van der Waals surface area contributed by atoms with Gasteiger partial charge in [0.25, 0.3) is 0 Å². The molecule has 2 atom stereocenters. The van der Waals surface area contributed by atoms with Gasteiger partial charge in [0.2, 0.25) is 0 Å². The summed E-state index contributed by atoms with van der Waals surface area (Å²) in [4.78, 5) is 8.53. The fourth-order valence-corrected chi connectivity index (χ4v) is 3.75. The predicted molar refractivity (Wildman–Crippen MR) is 74.6 cm³/mol. The lowest BCUT2D eigenvalue weighted by Crippen LogP contribution is -2.26. The van der Waals surface area contributed by atoms with Crippen molar-refractivity contribution in [2.75, 3.05) is 11.4 Å². The van der Waals surface area contributed by atoms with Crippen molar-refractivity contribution in [3.63, 3.8) is 0 Å². The summed E-state index contributed by atoms with van der Waals surface area (Å²) in [5.74, 6) is 0.782. The van der Waals surface area contributed by atoms with Crippen molar-refractivity contribution in [3.8, 4) is 0 Å². The van der Waals surface area contributed by atoms with Crippen molar-refractivity contribution in [2.45, 2.75) is 52.6 Å². The number of nitrogens with two attached hydrogens (primary N) is 1. The van der Waals surface area contributed by atoms with Crippen LogP contribution >= 0.6 is 11.3 Å². The Hall–Kier alpha value is -0.610. The lowest BCUT2D eigenvalue weighted by Gasteiger charge is -2.20. The number of hydrogen-bond donors (Lipinski definition) is 1. The monoisotopic (exact) mass is 253 g/mol. The molecule has 3 nitrogen and oxygen atoms in total. The molecule has 2 N–H and O–H groups in total. The Morgan fingerprint density at radius 1 is 1.47 bits per heavy atom. The van der Waals surface area contributed by atoms with Gasteiger partial charge in [-0.05, 0) is 25.7 Å². The molecule has 4 heteroatoms. The molecule has 1 aliphatic rings. The lowest BCUT2D eigenvalue weighted by atomic mass is 10.1. The van der Waals surface area contributed by atoms with Crippen LogP contribution in [0.1, 0.15) is 44.2 Å². The highest BCUT2D eigenvalue weighted by Gasteiger charge is 2.28. The van der Waals surface area contributed by atoms with Gasteiger partial charge in [-0.1, -0.05) is 20.3 Å². The minimum absolute atomic E-state index is 0.622. The van der Waals surface area contributed by atoms with E-state index in [0.717, 1.165) is 25.3 Å². The Kier molecular flexibility index (Phi) is 4.05. The maximum Gasteiger partial charge on any atom is 0.186 e. The minimum atomic E-state index is 0.622. The Bertz CT molecular complexity index is 375. The molecule has 1 aliphatic heterocycles. The Morgan fingerprint density at radius 3 is 2.76 bits per heavy atom. The Balaban J connectivity index is 2.21. The molecule has 0 aromatic carbocycles. The number of rotatable bonds is 4. The van der Waals surface area contributed by atoms with E-state index in [4.69, 9.17) is 10.7 Å². The molecule has 2 unspecified atom stereocenters. The standard InChI is InChI=1S/C13H23N3S/c1-4-5-11-12(7-14)17-13(15-11)16-8-9(2)6-10(16)3/h9-10H,4-8,14H2,1-3H3. The zero-order valence-electron chi connectivity index (χ0n) is 11.1. The maximum absolute atomic E-state index is 5.81. The fourth-order valence-electron chi connectivity index (χ4n) is 2.65. The van der Waals surface area contributed by atoms with E-state index in [-0.39, 0.29) is 0 Å². The number of thiazole rings is 1. The highest BCUT2D eigenvalue weighted by atomic mass is 32.1. The van der Waals surface area contributed by atoms with Crippen molar-refractivity contribution in [1.29, 1.82) is 0 Å². The second-order valence-corrected chi connectivity index (χ2v) is 6.22. The molecule has 1 aromatic heterocycles. The smallest absolute Gasteiger partial charge is 0.186 e. The molecule has 0 radical (unpaired) electrons. The summed E-state index contributed by atoms with van der Waals surface area (Å²) >= 11 is 1.79. The number of hydrogen-bond acceptors (Lipinski definition) is 4. The average molecular weight is 253 g/mol. The van der Waals surface area contributed by atoms with Crippen molar-refractivity contribution in [2.24, 2.45) is 11.7 Å². The summed E-state index contributed by atoms with van der Waals surface area (Å²) in [7, 11) is 0. The van der Waals surface area contributed by atoms with Gasteiger partial charge in [-0.3, -0.25) is 0 Å². The van der Waals surface area contributed by atoms with E-state index in [1.807, 2.05) is 0 Å². The first-order chi connectivity index (χ1) is 8.15. The van der Waals surface area contributed by atoms with Crippen LogP contribution in [0.2, 0.25) is 0 Å². The molecule has 96 valence electrons. The summed E-state index contributed by atoms with van der Waals surface area (Å²) < 4.78 is 0. The van der Waals surface area contributed by atoms with Crippen molar-refractivity contribution >= 4 is 16.5 Å². The second-order valence-electron chi connectivity index (χ2n) is 5.16. The highest BCUT2D eigenvalue weighted by Crippen LogP contribution is 2.33. The van der Waals surface area contributed by atoms with Gasteiger partial charge in [-0.25, -0.2) is 4.98 Å². The summed E-state index contributed by atoms with van der Waals surface area (Å²) in [6.45, 7) is 8.59. The molecule has 2 rings (SSSR count). The van der Waals surface area contributed by atoms with Gasteiger partial charge < -0.3 is 10.6 Å². The third-order valence-electron chi connectivity index (χ3n) is 3.47. The summed E-state index contributed by atoms with van der Waals surface area (Å²) in [5, 5.41) is 1.19. The number of aryl methyl sites for hydroxylation is 1. The third-order valence-corrected chi connectivity index (χ3v) is 4.63. The van der Waals surface area contributed by atoms with Crippen LogP contribution in [0.25, 0.3) is 0 Å². The average Bonchev–Trinajstić information content (AvgIpc) is 2.82. The van der Waals surface area contributed by atoms with Crippen LogP contribution in [0, 0.1) is 5.92 Å². The summed E-state index contributed by atoms with van der Waals surface area (Å²) in [5.41, 5.74) is 7.03. The fraction of sp³-hybridized carbons (Fsp3) is 0.769. The number of aromatic nitrogens is 1. The molecule has 1 fully saturated rings. The largest absolute Gasteiger partial charge is 0.345 e. The minimum Gasteiger partial charge on any atom is -0.345 e. The van der Waals surface area contributed by atoms with Gasteiger partial charge in [0.05, 0.1) is 5.69 Å². The first kappa shape index (κ1) is 12.8. The Morgan fingerprint density at radius 2 is 2.24 bits per heavy atom. The van der Waals surface area contributed by atoms with Crippen LogP contribution < -0.4 is 10.6 Å². The van der Waals surface area contributed by atoms with Gasteiger partial charge in [0, 0.05) is 24.0 Å². The van der Waals surface area contributed by atoms with Crippen LogP contribution in [0.3, 0.4) is 0 Å². The van der Waals surface area contributed by atoms with Crippen LogP contribution in [-0.4, -0.2) is 17.6 Å². The van der Waals surface area contributed by atoms with E-state index in [2.05, 4.69) is 25.7 Å². The molecule has 0 bridgehead atoms. The first-order valence-electron chi connectivity index (χ1n) is 6.61. The van der Waals surface area contributed by atoms with E-state index in [1.54, 1.807) is 11.3 Å². The molecule has 1 aromatic rings. The van der Waals surface area contributed by atoms with Gasteiger partial charge in [-0.2, -0.15) is 0 Å². The zero-order valence-corrected chi connectivity index (χ0v) is 11.9. The van der Waals surface area contributed by atoms with E-state index >= 15 is 0 Å². The van der Waals surface area contributed by atoms with Crippen molar-refractivity contribution in [1.82, 2.24) is 4.98 Å². The van der Waals surface area contributed by atoms with Crippen LogP contribution in [-0.2, 0) is 13.0 Å². The molecule has 2 heterocycles.